The van der Waals surface area contributed by atoms with E-state index in [4.69, 9.17) is 5.11 Å². The van der Waals surface area contributed by atoms with Gasteiger partial charge in [0.25, 0.3) is 5.91 Å². The molecule has 0 unspecified atom stereocenters. The lowest BCUT2D eigenvalue weighted by molar-refractivity contribution is 0.101. The minimum Gasteiger partial charge on any atom is -0.395 e. The third-order valence-corrected chi connectivity index (χ3v) is 2.94. The maximum Gasteiger partial charge on any atom is 0.273 e. The molecular formula is C16H17N3O2. The molecule has 1 amide bonds. The number of aliphatic hydroxyl groups excluding tert-OH is 1. The number of aromatic nitrogens is 2. The van der Waals surface area contributed by atoms with Crippen molar-refractivity contribution in [1.82, 2.24) is 9.78 Å². The van der Waals surface area contributed by atoms with Crippen LogP contribution in [0.3, 0.4) is 0 Å². The third-order valence-electron chi connectivity index (χ3n) is 2.94. The van der Waals surface area contributed by atoms with E-state index < -0.39 is 0 Å². The van der Waals surface area contributed by atoms with Crippen LogP contribution in [0.4, 0.5) is 5.69 Å². The molecule has 1 aromatic carbocycles. The minimum absolute atomic E-state index is 0.0233. The second-order valence-corrected chi connectivity index (χ2v) is 4.62. The van der Waals surface area contributed by atoms with E-state index >= 15 is 0 Å². The summed E-state index contributed by atoms with van der Waals surface area (Å²) in [5.74, 6) is 5.61. The number of aliphatic hydroxyl groups is 1. The summed E-state index contributed by atoms with van der Waals surface area (Å²) in [4.78, 5) is 12.2. The van der Waals surface area contributed by atoms with Crippen LogP contribution in [0, 0.1) is 18.8 Å². The van der Waals surface area contributed by atoms with Crippen LogP contribution < -0.4 is 5.32 Å². The molecule has 2 N–H and O–H groups in total. The zero-order chi connectivity index (χ0) is 15.2. The molecule has 0 aliphatic heterocycles. The first-order valence-corrected chi connectivity index (χ1v) is 6.61. The maximum absolute atomic E-state index is 12.2. The monoisotopic (exact) mass is 283 g/mol. The first-order valence-electron chi connectivity index (χ1n) is 6.61. The van der Waals surface area contributed by atoms with Gasteiger partial charge in [-0.3, -0.25) is 9.48 Å². The van der Waals surface area contributed by atoms with Crippen molar-refractivity contribution in [1.29, 1.82) is 0 Å². The fourth-order valence-corrected chi connectivity index (χ4v) is 1.87. The Kier molecular flexibility index (Phi) is 4.75. The van der Waals surface area contributed by atoms with E-state index in [9.17, 15) is 4.79 Å². The molecular weight excluding hydrogens is 266 g/mol. The van der Waals surface area contributed by atoms with Crippen LogP contribution in [0.1, 0.15) is 28.0 Å². The average Bonchev–Trinajstić information content (AvgIpc) is 2.88. The zero-order valence-corrected chi connectivity index (χ0v) is 12.1. The van der Waals surface area contributed by atoms with E-state index in [2.05, 4.69) is 22.3 Å². The smallest absolute Gasteiger partial charge is 0.273 e. The molecule has 0 saturated heterocycles. The Morgan fingerprint density at radius 1 is 1.43 bits per heavy atom. The summed E-state index contributed by atoms with van der Waals surface area (Å²) in [7, 11) is 1.71. The fourth-order valence-electron chi connectivity index (χ4n) is 1.87. The first-order chi connectivity index (χ1) is 10.1. The quantitative estimate of drug-likeness (QED) is 0.843. The van der Waals surface area contributed by atoms with Gasteiger partial charge < -0.3 is 10.4 Å². The topological polar surface area (TPSA) is 67.2 Å². The largest absolute Gasteiger partial charge is 0.395 e. The van der Waals surface area contributed by atoms with Crippen LogP contribution in [-0.2, 0) is 7.05 Å². The van der Waals surface area contributed by atoms with Crippen LogP contribution in [0.25, 0.3) is 0 Å². The van der Waals surface area contributed by atoms with Crippen molar-refractivity contribution >= 4 is 11.6 Å². The fraction of sp³-hybridized carbons (Fsp3) is 0.250. The molecule has 5 heteroatoms. The number of amides is 1. The Morgan fingerprint density at radius 2 is 2.24 bits per heavy atom. The molecule has 5 nitrogen and oxygen atoms in total. The van der Waals surface area contributed by atoms with Gasteiger partial charge in [-0.2, -0.15) is 5.10 Å². The van der Waals surface area contributed by atoms with Crippen molar-refractivity contribution in [2.45, 2.75) is 13.3 Å². The lowest BCUT2D eigenvalue weighted by Gasteiger charge is -2.08. The molecule has 2 aromatic rings. The number of hydrogen-bond acceptors (Lipinski definition) is 3. The second kappa shape index (κ2) is 6.73. The Labute approximate surface area is 123 Å². The van der Waals surface area contributed by atoms with Crippen molar-refractivity contribution in [2.24, 2.45) is 7.05 Å². The van der Waals surface area contributed by atoms with Gasteiger partial charge in [0.2, 0.25) is 0 Å². The molecule has 21 heavy (non-hydrogen) atoms. The third kappa shape index (κ3) is 3.71. The molecule has 0 fully saturated rings. The van der Waals surface area contributed by atoms with Gasteiger partial charge in [-0.1, -0.05) is 17.9 Å². The van der Waals surface area contributed by atoms with Crippen LogP contribution in [0.15, 0.2) is 30.5 Å². The Hall–Kier alpha value is -2.58. The highest BCUT2D eigenvalue weighted by molar-refractivity contribution is 6.03. The highest BCUT2D eigenvalue weighted by atomic mass is 16.2. The van der Waals surface area contributed by atoms with Gasteiger partial charge in [0, 0.05) is 25.2 Å². The van der Waals surface area contributed by atoms with Gasteiger partial charge in [-0.25, -0.2) is 0 Å². The molecule has 0 aliphatic rings. The van der Waals surface area contributed by atoms with Crippen molar-refractivity contribution < 1.29 is 9.90 Å². The predicted octanol–water partition coefficient (Wildman–Crippen LogP) is 1.71. The van der Waals surface area contributed by atoms with Gasteiger partial charge in [-0.15, -0.1) is 0 Å². The zero-order valence-electron chi connectivity index (χ0n) is 12.1. The van der Waals surface area contributed by atoms with E-state index in [1.54, 1.807) is 19.3 Å². The molecule has 0 radical (unpaired) electrons. The number of carbonyl (C=O) groups excluding carboxylic acids is 1. The van der Waals surface area contributed by atoms with Crippen LogP contribution in [0.2, 0.25) is 0 Å². The number of carbonyl (C=O) groups is 1. The van der Waals surface area contributed by atoms with Gasteiger partial charge in [0.15, 0.2) is 0 Å². The molecule has 2 rings (SSSR count). The van der Waals surface area contributed by atoms with Gasteiger partial charge >= 0.3 is 0 Å². The van der Waals surface area contributed by atoms with E-state index in [1.807, 2.05) is 25.1 Å². The number of nitrogens with zero attached hydrogens (tertiary/aromatic N) is 2. The number of anilines is 1. The number of hydrogen-bond donors (Lipinski definition) is 2. The van der Waals surface area contributed by atoms with E-state index in [1.165, 1.54) is 4.68 Å². The summed E-state index contributed by atoms with van der Waals surface area (Å²) < 4.78 is 1.51. The highest BCUT2D eigenvalue weighted by Crippen LogP contribution is 2.17. The minimum atomic E-state index is -0.232. The van der Waals surface area contributed by atoms with Gasteiger partial charge in [0.1, 0.15) is 5.69 Å². The van der Waals surface area contributed by atoms with E-state index in [0.29, 0.717) is 17.8 Å². The van der Waals surface area contributed by atoms with Crippen molar-refractivity contribution in [2.75, 3.05) is 11.9 Å². The molecule has 1 aromatic heterocycles. The maximum atomic E-state index is 12.2. The first kappa shape index (κ1) is 14.8. The van der Waals surface area contributed by atoms with Crippen molar-refractivity contribution in [3.05, 3.63) is 47.3 Å². The number of rotatable bonds is 3. The second-order valence-electron chi connectivity index (χ2n) is 4.62. The van der Waals surface area contributed by atoms with Crippen LogP contribution in [-0.4, -0.2) is 27.4 Å². The summed E-state index contributed by atoms with van der Waals surface area (Å²) in [6, 6.07) is 7.30. The SMILES string of the molecule is Cc1ccc(NC(=O)c2ccnn2C)c(C#CCCO)c1. The van der Waals surface area contributed by atoms with Crippen molar-refractivity contribution in [3.8, 4) is 11.8 Å². The lowest BCUT2D eigenvalue weighted by atomic mass is 10.1. The van der Waals surface area contributed by atoms with Crippen LogP contribution in [0.5, 0.6) is 0 Å². The molecule has 108 valence electrons. The summed E-state index contributed by atoms with van der Waals surface area (Å²) in [5.41, 5.74) is 2.92. The summed E-state index contributed by atoms with van der Waals surface area (Å²) in [6.07, 6.45) is 1.98. The Morgan fingerprint density at radius 3 is 2.90 bits per heavy atom. The number of aryl methyl sites for hydroxylation is 2. The number of nitrogens with one attached hydrogen (secondary N) is 1. The molecule has 0 atom stereocenters. The predicted molar refractivity (Wildman–Crippen MR) is 80.9 cm³/mol. The standard InChI is InChI=1S/C16H17N3O2/c1-12-6-7-14(13(11-12)5-3-4-10-20)18-16(21)15-8-9-17-19(15)2/h6-9,11,20H,4,10H2,1-2H3,(H,18,21). The normalized spacial score (nSPS) is 9.86. The van der Waals surface area contributed by atoms with E-state index in [0.717, 1.165) is 11.1 Å². The van der Waals surface area contributed by atoms with Crippen LogP contribution >= 0.6 is 0 Å². The highest BCUT2D eigenvalue weighted by Gasteiger charge is 2.11. The summed E-state index contributed by atoms with van der Waals surface area (Å²) in [6.45, 7) is 1.99. The molecule has 0 bridgehead atoms. The molecule has 0 spiro atoms. The Bertz CT molecular complexity index is 708. The average molecular weight is 283 g/mol. The molecule has 0 aliphatic carbocycles. The van der Waals surface area contributed by atoms with Gasteiger partial charge in [0.05, 0.1) is 12.3 Å². The van der Waals surface area contributed by atoms with Gasteiger partial charge in [-0.05, 0) is 30.7 Å². The molecule has 0 saturated carbocycles. The van der Waals surface area contributed by atoms with E-state index in [-0.39, 0.29) is 12.5 Å². The number of benzene rings is 1. The van der Waals surface area contributed by atoms with Crippen molar-refractivity contribution in [3.63, 3.8) is 0 Å². The lowest BCUT2D eigenvalue weighted by Crippen LogP contribution is -2.16. The summed E-state index contributed by atoms with van der Waals surface area (Å²) >= 11 is 0. The Balaban J connectivity index is 2.26. The summed E-state index contributed by atoms with van der Waals surface area (Å²) in [5, 5.41) is 15.6. The molecule has 1 heterocycles.